The van der Waals surface area contributed by atoms with E-state index in [0.29, 0.717) is 5.69 Å². The molecule has 0 radical (unpaired) electrons. The van der Waals surface area contributed by atoms with Crippen LogP contribution in [0, 0.1) is 5.82 Å². The summed E-state index contributed by atoms with van der Waals surface area (Å²) in [6, 6.07) is 11.9. The van der Waals surface area contributed by atoms with Crippen molar-refractivity contribution in [3.8, 4) is 0 Å². The van der Waals surface area contributed by atoms with Crippen LogP contribution < -0.4 is 10.0 Å². The number of nitrogens with one attached hydrogen (secondary N) is 2. The fourth-order valence-electron chi connectivity index (χ4n) is 1.95. The van der Waals surface area contributed by atoms with Gasteiger partial charge in [-0.25, -0.2) is 17.5 Å². The predicted molar refractivity (Wildman–Crippen MR) is 86.0 cm³/mol. The maximum absolute atomic E-state index is 13.1. The van der Waals surface area contributed by atoms with Crippen LogP contribution in [0.25, 0.3) is 0 Å². The first-order valence-electron chi connectivity index (χ1n) is 7.05. The van der Waals surface area contributed by atoms with E-state index < -0.39 is 28.3 Å². The summed E-state index contributed by atoms with van der Waals surface area (Å²) in [5.74, 6) is -1.16. The molecule has 0 unspecified atom stereocenters. The summed E-state index contributed by atoms with van der Waals surface area (Å²) >= 11 is 0. The van der Waals surface area contributed by atoms with E-state index in [1.807, 2.05) is 25.1 Å². The van der Waals surface area contributed by atoms with Gasteiger partial charge in [0.15, 0.2) is 0 Å². The number of hydrogen-bond acceptors (Lipinski definition) is 3. The number of anilines is 1. The Bertz CT molecular complexity index is 806. The standard InChI is InChI=1S/C16H17FN2O3S/c1-2-12-5-3-7-14(9-12)19-16(20)11-18-23(21,22)15-8-4-6-13(17)10-15/h3-10,18H,2,11H2,1H3,(H,19,20). The lowest BCUT2D eigenvalue weighted by atomic mass is 10.1. The van der Waals surface area contributed by atoms with Crippen molar-refractivity contribution in [2.24, 2.45) is 0 Å². The minimum atomic E-state index is -3.93. The number of carbonyl (C=O) groups excluding carboxylic acids is 1. The third kappa shape index (κ3) is 4.87. The van der Waals surface area contributed by atoms with Gasteiger partial charge in [0.1, 0.15) is 5.82 Å². The van der Waals surface area contributed by atoms with Gasteiger partial charge in [-0.3, -0.25) is 4.79 Å². The summed E-state index contributed by atoms with van der Waals surface area (Å²) < 4.78 is 39.2. The molecule has 0 heterocycles. The fraction of sp³-hybridized carbons (Fsp3) is 0.188. The first-order chi connectivity index (χ1) is 10.9. The molecular formula is C16H17FN2O3S. The predicted octanol–water partition coefficient (Wildman–Crippen LogP) is 2.31. The van der Waals surface area contributed by atoms with Gasteiger partial charge in [0.25, 0.3) is 0 Å². The molecule has 122 valence electrons. The SMILES string of the molecule is CCc1cccc(NC(=O)CNS(=O)(=O)c2cccc(F)c2)c1. The van der Waals surface area contributed by atoms with Crippen molar-refractivity contribution in [3.63, 3.8) is 0 Å². The molecular weight excluding hydrogens is 319 g/mol. The monoisotopic (exact) mass is 336 g/mol. The van der Waals surface area contributed by atoms with Crippen molar-refractivity contribution in [1.29, 1.82) is 0 Å². The molecule has 0 bridgehead atoms. The van der Waals surface area contributed by atoms with E-state index in [4.69, 9.17) is 0 Å². The van der Waals surface area contributed by atoms with E-state index in [9.17, 15) is 17.6 Å². The van der Waals surface area contributed by atoms with Gasteiger partial charge in [-0.1, -0.05) is 25.1 Å². The maximum atomic E-state index is 13.1. The highest BCUT2D eigenvalue weighted by Gasteiger charge is 2.16. The van der Waals surface area contributed by atoms with Crippen molar-refractivity contribution in [1.82, 2.24) is 4.72 Å². The van der Waals surface area contributed by atoms with Gasteiger partial charge < -0.3 is 5.32 Å². The smallest absolute Gasteiger partial charge is 0.241 e. The molecule has 5 nitrogen and oxygen atoms in total. The normalized spacial score (nSPS) is 11.2. The Kier molecular flexibility index (Phi) is 5.46. The van der Waals surface area contributed by atoms with Gasteiger partial charge in [0.05, 0.1) is 11.4 Å². The second-order valence-corrected chi connectivity index (χ2v) is 6.65. The highest BCUT2D eigenvalue weighted by Crippen LogP contribution is 2.12. The van der Waals surface area contributed by atoms with Crippen LogP contribution in [0.2, 0.25) is 0 Å². The molecule has 0 atom stereocenters. The van der Waals surface area contributed by atoms with Crippen LogP contribution in [0.15, 0.2) is 53.4 Å². The highest BCUT2D eigenvalue weighted by molar-refractivity contribution is 7.89. The van der Waals surface area contributed by atoms with Crippen LogP contribution in [0.4, 0.5) is 10.1 Å². The number of aryl methyl sites for hydroxylation is 1. The molecule has 23 heavy (non-hydrogen) atoms. The first-order valence-corrected chi connectivity index (χ1v) is 8.53. The number of sulfonamides is 1. The summed E-state index contributed by atoms with van der Waals surface area (Å²) in [5.41, 5.74) is 1.66. The Hall–Kier alpha value is -2.25. The molecule has 2 aromatic rings. The van der Waals surface area contributed by atoms with Crippen LogP contribution in [-0.2, 0) is 21.2 Å². The molecule has 2 rings (SSSR count). The Balaban J connectivity index is 1.98. The van der Waals surface area contributed by atoms with Gasteiger partial charge in [-0.2, -0.15) is 0 Å². The number of rotatable bonds is 6. The summed E-state index contributed by atoms with van der Waals surface area (Å²) in [5, 5.41) is 2.61. The molecule has 7 heteroatoms. The topological polar surface area (TPSA) is 75.3 Å². The molecule has 1 amide bonds. The van der Waals surface area contributed by atoms with Crippen LogP contribution in [0.1, 0.15) is 12.5 Å². The highest BCUT2D eigenvalue weighted by atomic mass is 32.2. The van der Waals surface area contributed by atoms with Gasteiger partial charge in [0, 0.05) is 5.69 Å². The van der Waals surface area contributed by atoms with E-state index >= 15 is 0 Å². The van der Waals surface area contributed by atoms with E-state index in [0.717, 1.165) is 24.1 Å². The summed E-state index contributed by atoms with van der Waals surface area (Å²) in [6.45, 7) is 1.56. The van der Waals surface area contributed by atoms with Crippen molar-refractivity contribution in [2.45, 2.75) is 18.2 Å². The van der Waals surface area contributed by atoms with Gasteiger partial charge in [-0.05, 0) is 42.3 Å². The van der Waals surface area contributed by atoms with Crippen molar-refractivity contribution in [2.75, 3.05) is 11.9 Å². The third-order valence-corrected chi connectivity index (χ3v) is 4.55. The van der Waals surface area contributed by atoms with E-state index in [1.54, 1.807) is 6.07 Å². The van der Waals surface area contributed by atoms with Gasteiger partial charge in [-0.15, -0.1) is 0 Å². The minimum Gasteiger partial charge on any atom is -0.325 e. The van der Waals surface area contributed by atoms with Gasteiger partial charge >= 0.3 is 0 Å². The summed E-state index contributed by atoms with van der Waals surface area (Å²) in [6.07, 6.45) is 0.829. The quantitative estimate of drug-likeness (QED) is 0.850. The second kappa shape index (κ2) is 7.34. The number of amides is 1. The number of carbonyl (C=O) groups is 1. The molecule has 2 aromatic carbocycles. The summed E-state index contributed by atoms with van der Waals surface area (Å²) in [7, 11) is -3.93. The molecule has 2 N–H and O–H groups in total. The lowest BCUT2D eigenvalue weighted by molar-refractivity contribution is -0.115. The lowest BCUT2D eigenvalue weighted by Crippen LogP contribution is -2.32. The van der Waals surface area contributed by atoms with Crippen LogP contribution in [0.3, 0.4) is 0 Å². The van der Waals surface area contributed by atoms with Gasteiger partial charge in [0.2, 0.25) is 15.9 Å². The minimum absolute atomic E-state index is 0.224. The lowest BCUT2D eigenvalue weighted by Gasteiger charge is -2.09. The molecule has 0 aliphatic carbocycles. The molecule has 0 fully saturated rings. The average Bonchev–Trinajstić information content (AvgIpc) is 2.53. The average molecular weight is 336 g/mol. The molecule has 0 saturated carbocycles. The Labute approximate surface area is 134 Å². The Morgan fingerprint density at radius 1 is 1.13 bits per heavy atom. The third-order valence-electron chi connectivity index (χ3n) is 3.15. The second-order valence-electron chi connectivity index (χ2n) is 4.88. The fourth-order valence-corrected chi connectivity index (χ4v) is 2.97. The zero-order chi connectivity index (χ0) is 16.9. The largest absolute Gasteiger partial charge is 0.325 e. The maximum Gasteiger partial charge on any atom is 0.241 e. The number of hydrogen-bond donors (Lipinski definition) is 2. The van der Waals surface area contributed by atoms with Crippen LogP contribution >= 0.6 is 0 Å². The first kappa shape index (κ1) is 17.1. The van der Waals surface area contributed by atoms with Crippen LogP contribution in [-0.4, -0.2) is 20.9 Å². The number of halogens is 1. The molecule has 0 spiro atoms. The Morgan fingerprint density at radius 2 is 1.87 bits per heavy atom. The van der Waals surface area contributed by atoms with Crippen molar-refractivity contribution < 1.29 is 17.6 Å². The van der Waals surface area contributed by atoms with Crippen LogP contribution in [0.5, 0.6) is 0 Å². The Morgan fingerprint density at radius 3 is 2.57 bits per heavy atom. The summed E-state index contributed by atoms with van der Waals surface area (Å²) in [4.78, 5) is 11.6. The van der Waals surface area contributed by atoms with E-state index in [2.05, 4.69) is 10.0 Å². The molecule has 0 aliphatic heterocycles. The zero-order valence-corrected chi connectivity index (χ0v) is 13.4. The van der Waals surface area contributed by atoms with Crippen molar-refractivity contribution in [3.05, 3.63) is 59.9 Å². The van der Waals surface area contributed by atoms with E-state index in [1.165, 1.54) is 12.1 Å². The molecule has 0 aliphatic rings. The van der Waals surface area contributed by atoms with Crippen molar-refractivity contribution >= 4 is 21.6 Å². The zero-order valence-electron chi connectivity index (χ0n) is 12.5. The molecule has 0 aromatic heterocycles. The van der Waals surface area contributed by atoms with E-state index in [-0.39, 0.29) is 4.90 Å². The molecule has 0 saturated heterocycles. The number of benzene rings is 2.